The largest absolute Gasteiger partial charge is 0.496 e. The molecule has 1 N–H and O–H groups in total. The molecule has 102 valence electrons. The molecular weight excluding hydrogens is 246 g/mol. The first-order valence-electron chi connectivity index (χ1n) is 7.23. The molecule has 0 aromatic heterocycles. The second-order valence-corrected chi connectivity index (χ2v) is 5.94. The number of hydrogen-bond acceptors (Lipinski definition) is 2. The predicted molar refractivity (Wildman–Crippen MR) is 81.7 cm³/mol. The highest BCUT2D eigenvalue weighted by Gasteiger charge is 2.40. The van der Waals surface area contributed by atoms with Gasteiger partial charge in [-0.15, -0.1) is 0 Å². The van der Waals surface area contributed by atoms with Crippen LogP contribution in [0.1, 0.15) is 39.8 Å². The van der Waals surface area contributed by atoms with E-state index in [1.54, 1.807) is 7.11 Å². The lowest BCUT2D eigenvalue weighted by Crippen LogP contribution is -2.06. The van der Waals surface area contributed by atoms with Crippen LogP contribution in [0, 0.1) is 13.8 Å². The Morgan fingerprint density at radius 3 is 2.75 bits per heavy atom. The van der Waals surface area contributed by atoms with E-state index in [4.69, 9.17) is 4.74 Å². The van der Waals surface area contributed by atoms with Crippen molar-refractivity contribution in [3.05, 3.63) is 58.1 Å². The molecule has 0 amide bonds. The number of nitrogens with one attached hydrogen (secondary N) is 1. The maximum Gasteiger partial charge on any atom is 0.124 e. The van der Waals surface area contributed by atoms with E-state index in [1.165, 1.54) is 33.5 Å². The first-order chi connectivity index (χ1) is 9.70. The number of aryl methyl sites for hydroxylation is 1. The van der Waals surface area contributed by atoms with E-state index in [-0.39, 0.29) is 0 Å². The molecule has 0 saturated carbocycles. The van der Waals surface area contributed by atoms with E-state index in [1.807, 2.05) is 0 Å². The molecular formula is C18H19NO. The van der Waals surface area contributed by atoms with Gasteiger partial charge in [0, 0.05) is 11.6 Å². The van der Waals surface area contributed by atoms with E-state index in [0.717, 1.165) is 12.2 Å². The monoisotopic (exact) mass is 265 g/mol. The lowest BCUT2D eigenvalue weighted by Gasteiger charge is -2.16. The molecule has 1 aliphatic carbocycles. The van der Waals surface area contributed by atoms with Crippen molar-refractivity contribution < 1.29 is 4.74 Å². The second-order valence-electron chi connectivity index (χ2n) is 5.94. The fourth-order valence-electron chi connectivity index (χ4n) is 4.04. The van der Waals surface area contributed by atoms with Gasteiger partial charge in [-0.1, -0.05) is 24.3 Å². The molecule has 0 spiro atoms. The first kappa shape index (κ1) is 11.8. The van der Waals surface area contributed by atoms with Gasteiger partial charge in [0.25, 0.3) is 0 Å². The summed E-state index contributed by atoms with van der Waals surface area (Å²) >= 11 is 0. The van der Waals surface area contributed by atoms with Gasteiger partial charge >= 0.3 is 0 Å². The Bertz CT molecular complexity index is 705. The molecule has 4 rings (SSSR count). The zero-order valence-corrected chi connectivity index (χ0v) is 12.2. The molecule has 0 radical (unpaired) electrons. The van der Waals surface area contributed by atoms with Crippen LogP contribution in [0.2, 0.25) is 0 Å². The Morgan fingerprint density at radius 2 is 1.95 bits per heavy atom. The van der Waals surface area contributed by atoms with E-state index in [0.29, 0.717) is 12.0 Å². The minimum absolute atomic E-state index is 0.436. The molecule has 1 heterocycles. The lowest BCUT2D eigenvalue weighted by atomic mass is 9.96. The van der Waals surface area contributed by atoms with Gasteiger partial charge in [-0.05, 0) is 54.2 Å². The molecule has 2 aromatic rings. The van der Waals surface area contributed by atoms with Crippen molar-refractivity contribution in [1.29, 1.82) is 0 Å². The molecule has 0 saturated heterocycles. The van der Waals surface area contributed by atoms with Crippen LogP contribution < -0.4 is 10.1 Å². The summed E-state index contributed by atoms with van der Waals surface area (Å²) in [6, 6.07) is 11.5. The summed E-state index contributed by atoms with van der Waals surface area (Å²) in [5.41, 5.74) is 8.26. The van der Waals surface area contributed by atoms with E-state index < -0.39 is 0 Å². The number of methoxy groups -OCH3 is 1. The van der Waals surface area contributed by atoms with Crippen molar-refractivity contribution in [2.75, 3.05) is 12.4 Å². The van der Waals surface area contributed by atoms with Crippen LogP contribution in [-0.2, 0) is 6.42 Å². The van der Waals surface area contributed by atoms with Crippen LogP contribution in [0.3, 0.4) is 0 Å². The average molecular weight is 265 g/mol. The maximum atomic E-state index is 5.57. The fourth-order valence-corrected chi connectivity index (χ4v) is 4.04. The summed E-state index contributed by atoms with van der Waals surface area (Å²) < 4.78 is 5.57. The highest BCUT2D eigenvalue weighted by Crippen LogP contribution is 2.53. The number of hydrogen-bond donors (Lipinski definition) is 1. The summed E-state index contributed by atoms with van der Waals surface area (Å²) in [4.78, 5) is 0. The van der Waals surface area contributed by atoms with Gasteiger partial charge in [0.2, 0.25) is 0 Å². The summed E-state index contributed by atoms with van der Waals surface area (Å²) in [5, 5.41) is 3.70. The summed E-state index contributed by atoms with van der Waals surface area (Å²) in [7, 11) is 1.77. The molecule has 20 heavy (non-hydrogen) atoms. The molecule has 0 unspecified atom stereocenters. The summed E-state index contributed by atoms with van der Waals surface area (Å²) in [5.74, 6) is 1.63. The SMILES string of the molecule is COc1c(C)cc2c(c1C)C[C@H]1c3ccccc3N[C@@H]21. The first-order valence-corrected chi connectivity index (χ1v) is 7.23. The Hall–Kier alpha value is -1.96. The number of para-hydroxylation sites is 1. The van der Waals surface area contributed by atoms with Gasteiger partial charge in [-0.3, -0.25) is 0 Å². The van der Waals surface area contributed by atoms with Crippen LogP contribution in [0.5, 0.6) is 5.75 Å². The van der Waals surface area contributed by atoms with Crippen molar-refractivity contribution in [2.45, 2.75) is 32.2 Å². The third-order valence-corrected chi connectivity index (χ3v) is 4.91. The Kier molecular flexibility index (Phi) is 2.38. The number of ether oxygens (including phenoxy) is 1. The van der Waals surface area contributed by atoms with Gasteiger partial charge in [-0.25, -0.2) is 0 Å². The fraction of sp³-hybridized carbons (Fsp3) is 0.333. The number of fused-ring (bicyclic) bond motifs is 5. The number of benzene rings is 2. The van der Waals surface area contributed by atoms with Crippen molar-refractivity contribution in [3.8, 4) is 5.75 Å². The maximum absolute atomic E-state index is 5.57. The van der Waals surface area contributed by atoms with Crippen LogP contribution in [0.25, 0.3) is 0 Å². The number of rotatable bonds is 1. The zero-order chi connectivity index (χ0) is 13.9. The van der Waals surface area contributed by atoms with Crippen LogP contribution in [-0.4, -0.2) is 7.11 Å². The predicted octanol–water partition coefficient (Wildman–Crippen LogP) is 4.12. The summed E-state index contributed by atoms with van der Waals surface area (Å²) in [6.45, 7) is 4.33. The molecule has 2 aliphatic rings. The Labute approximate surface area is 119 Å². The Balaban J connectivity index is 1.86. The van der Waals surface area contributed by atoms with Crippen molar-refractivity contribution in [2.24, 2.45) is 0 Å². The highest BCUT2D eigenvalue weighted by atomic mass is 16.5. The van der Waals surface area contributed by atoms with Crippen LogP contribution >= 0.6 is 0 Å². The lowest BCUT2D eigenvalue weighted by molar-refractivity contribution is 0.408. The van der Waals surface area contributed by atoms with Gasteiger partial charge in [0.1, 0.15) is 5.75 Å². The van der Waals surface area contributed by atoms with E-state index in [9.17, 15) is 0 Å². The Morgan fingerprint density at radius 1 is 1.15 bits per heavy atom. The van der Waals surface area contributed by atoms with Crippen molar-refractivity contribution in [3.63, 3.8) is 0 Å². The third kappa shape index (κ3) is 1.39. The normalized spacial score (nSPS) is 21.9. The van der Waals surface area contributed by atoms with Crippen molar-refractivity contribution in [1.82, 2.24) is 0 Å². The van der Waals surface area contributed by atoms with Crippen molar-refractivity contribution >= 4 is 5.69 Å². The zero-order valence-electron chi connectivity index (χ0n) is 12.2. The van der Waals surface area contributed by atoms with Gasteiger partial charge < -0.3 is 10.1 Å². The molecule has 1 aliphatic heterocycles. The van der Waals surface area contributed by atoms with Gasteiger partial charge in [0.15, 0.2) is 0 Å². The minimum Gasteiger partial charge on any atom is -0.496 e. The van der Waals surface area contributed by atoms with Gasteiger partial charge in [-0.2, -0.15) is 0 Å². The number of anilines is 1. The average Bonchev–Trinajstić information content (AvgIpc) is 2.96. The van der Waals surface area contributed by atoms with E-state index >= 15 is 0 Å². The van der Waals surface area contributed by atoms with Crippen LogP contribution in [0.4, 0.5) is 5.69 Å². The highest BCUT2D eigenvalue weighted by molar-refractivity contribution is 5.66. The minimum atomic E-state index is 0.436. The molecule has 2 atom stereocenters. The van der Waals surface area contributed by atoms with Gasteiger partial charge in [0.05, 0.1) is 13.2 Å². The molecule has 2 aromatic carbocycles. The smallest absolute Gasteiger partial charge is 0.124 e. The quantitative estimate of drug-likeness (QED) is 0.837. The molecule has 2 nitrogen and oxygen atoms in total. The standard InChI is InChI=1S/C18H19NO/c1-10-8-14-13(11(2)18(10)20-3)9-15-12-6-4-5-7-16(12)19-17(14)15/h4-8,15,17,19H,9H2,1-3H3/t15-,17-/m0/s1. The molecule has 0 bridgehead atoms. The summed E-state index contributed by atoms with van der Waals surface area (Å²) in [6.07, 6.45) is 1.12. The molecule has 2 heteroatoms. The second kappa shape index (κ2) is 4.02. The third-order valence-electron chi connectivity index (χ3n) is 4.91. The molecule has 0 fully saturated rings. The van der Waals surface area contributed by atoms with E-state index in [2.05, 4.69) is 49.5 Å². The van der Waals surface area contributed by atoms with Crippen LogP contribution in [0.15, 0.2) is 30.3 Å². The topological polar surface area (TPSA) is 21.3 Å².